The molecule has 3 aliphatic carbocycles. The molecule has 2 bridgehead atoms. The lowest BCUT2D eigenvalue weighted by molar-refractivity contribution is 0.153. The van der Waals surface area contributed by atoms with Crippen LogP contribution in [0.3, 0.4) is 0 Å². The lowest BCUT2D eigenvalue weighted by Crippen LogP contribution is -2.41. The highest BCUT2D eigenvalue weighted by atomic mass is 19.2. The molecule has 1 N–H and O–H groups in total. The fourth-order valence-electron chi connectivity index (χ4n) is 4.75. The number of hydrogen-bond donors (Lipinski definition) is 1. The molecule has 21 heavy (non-hydrogen) atoms. The molecule has 0 radical (unpaired) electrons. The van der Waals surface area contributed by atoms with Gasteiger partial charge in [0.25, 0.3) is 0 Å². The highest BCUT2D eigenvalue weighted by molar-refractivity contribution is 5.22. The number of fused-ring (bicyclic) bond motifs is 2. The van der Waals surface area contributed by atoms with E-state index >= 15 is 0 Å². The summed E-state index contributed by atoms with van der Waals surface area (Å²) in [5.74, 6) is 0.163. The molecule has 1 aromatic rings. The van der Waals surface area contributed by atoms with Gasteiger partial charge in [-0.3, -0.25) is 0 Å². The Kier molecular flexibility index (Phi) is 3.29. The molecule has 0 aliphatic heterocycles. The molecule has 0 heterocycles. The van der Waals surface area contributed by atoms with Crippen LogP contribution in [0.4, 0.5) is 8.78 Å². The first kappa shape index (κ1) is 13.7. The third-order valence-corrected chi connectivity index (χ3v) is 6.00. The van der Waals surface area contributed by atoms with Gasteiger partial charge in [-0.05, 0) is 67.4 Å². The zero-order chi connectivity index (χ0) is 14.4. The minimum atomic E-state index is -0.707. The van der Waals surface area contributed by atoms with Gasteiger partial charge in [-0.15, -0.1) is 0 Å². The summed E-state index contributed by atoms with van der Waals surface area (Å²) in [5, 5.41) is 3.66. The van der Waals surface area contributed by atoms with E-state index in [0.29, 0.717) is 23.9 Å². The van der Waals surface area contributed by atoms with Crippen molar-refractivity contribution in [3.8, 4) is 0 Å². The van der Waals surface area contributed by atoms with Gasteiger partial charge in [-0.2, -0.15) is 0 Å². The summed E-state index contributed by atoms with van der Waals surface area (Å²) in [4.78, 5) is 0. The fourth-order valence-corrected chi connectivity index (χ4v) is 4.75. The Morgan fingerprint density at radius 1 is 1.14 bits per heavy atom. The van der Waals surface area contributed by atoms with Crippen LogP contribution in [-0.2, 0) is 6.42 Å². The Bertz CT molecular complexity index is 540. The first-order chi connectivity index (χ1) is 10.2. The molecule has 114 valence electrons. The summed E-state index contributed by atoms with van der Waals surface area (Å²) in [6.07, 6.45) is 8.33. The van der Waals surface area contributed by atoms with Crippen molar-refractivity contribution >= 4 is 0 Å². The van der Waals surface area contributed by atoms with Crippen molar-refractivity contribution in [1.29, 1.82) is 0 Å². The molecule has 1 aromatic carbocycles. The molecule has 0 spiro atoms. The standard InChI is InChI=1S/C18H23F2N/c19-16-3-1-2-13(17(16)20)10-18(11-21-15-6-7-15)9-12-4-5-14(18)8-12/h1-3,12,14-15,21H,4-11H2. The van der Waals surface area contributed by atoms with Gasteiger partial charge < -0.3 is 5.32 Å². The summed E-state index contributed by atoms with van der Waals surface area (Å²) >= 11 is 0. The van der Waals surface area contributed by atoms with E-state index in [1.165, 1.54) is 44.6 Å². The lowest BCUT2D eigenvalue weighted by Gasteiger charge is -2.38. The van der Waals surface area contributed by atoms with Crippen molar-refractivity contribution in [1.82, 2.24) is 5.32 Å². The summed E-state index contributed by atoms with van der Waals surface area (Å²) in [6.45, 7) is 0.981. The second kappa shape index (κ2) is 5.05. The maximum Gasteiger partial charge on any atom is 0.162 e. The molecule has 3 fully saturated rings. The van der Waals surface area contributed by atoms with Crippen molar-refractivity contribution in [2.75, 3.05) is 6.54 Å². The van der Waals surface area contributed by atoms with E-state index in [9.17, 15) is 8.78 Å². The highest BCUT2D eigenvalue weighted by Crippen LogP contribution is 2.57. The third-order valence-electron chi connectivity index (χ3n) is 6.00. The minimum Gasteiger partial charge on any atom is -0.313 e. The van der Waals surface area contributed by atoms with Crippen LogP contribution in [0.15, 0.2) is 18.2 Å². The van der Waals surface area contributed by atoms with Crippen molar-refractivity contribution in [3.05, 3.63) is 35.4 Å². The predicted molar refractivity (Wildman–Crippen MR) is 79.0 cm³/mol. The van der Waals surface area contributed by atoms with Crippen molar-refractivity contribution in [2.45, 2.75) is 51.0 Å². The Morgan fingerprint density at radius 2 is 2.00 bits per heavy atom. The molecule has 3 aliphatic rings. The average Bonchev–Trinajstić information content (AvgIpc) is 3.10. The number of halogens is 2. The number of rotatable bonds is 5. The number of hydrogen-bond acceptors (Lipinski definition) is 1. The molecule has 3 heteroatoms. The van der Waals surface area contributed by atoms with Gasteiger partial charge in [0.2, 0.25) is 0 Å². The van der Waals surface area contributed by atoms with Gasteiger partial charge in [-0.25, -0.2) is 8.78 Å². The van der Waals surface area contributed by atoms with Crippen molar-refractivity contribution in [3.63, 3.8) is 0 Å². The lowest BCUT2D eigenvalue weighted by atomic mass is 9.69. The van der Waals surface area contributed by atoms with Crippen LogP contribution < -0.4 is 5.32 Å². The number of nitrogens with one attached hydrogen (secondary N) is 1. The summed E-state index contributed by atoms with van der Waals surface area (Å²) in [6, 6.07) is 5.31. The van der Waals surface area contributed by atoms with Crippen LogP contribution >= 0.6 is 0 Å². The molecule has 0 saturated heterocycles. The van der Waals surface area contributed by atoms with E-state index < -0.39 is 11.6 Å². The van der Waals surface area contributed by atoms with Crippen LogP contribution in [0.25, 0.3) is 0 Å². The van der Waals surface area contributed by atoms with Gasteiger partial charge in [0, 0.05) is 12.6 Å². The second-order valence-corrected chi connectivity index (χ2v) is 7.49. The molecule has 3 saturated carbocycles. The van der Waals surface area contributed by atoms with Gasteiger partial charge in [0.1, 0.15) is 0 Å². The molecule has 0 amide bonds. The summed E-state index contributed by atoms with van der Waals surface area (Å²) < 4.78 is 27.6. The molecule has 1 nitrogen and oxygen atoms in total. The van der Waals surface area contributed by atoms with E-state index in [4.69, 9.17) is 0 Å². The van der Waals surface area contributed by atoms with Gasteiger partial charge in [0.15, 0.2) is 11.6 Å². The van der Waals surface area contributed by atoms with Crippen LogP contribution in [0, 0.1) is 28.9 Å². The molecule has 4 rings (SSSR count). The van der Waals surface area contributed by atoms with E-state index in [1.807, 2.05) is 0 Å². The quantitative estimate of drug-likeness (QED) is 0.862. The average molecular weight is 291 g/mol. The van der Waals surface area contributed by atoms with Gasteiger partial charge in [0.05, 0.1) is 0 Å². The largest absolute Gasteiger partial charge is 0.313 e. The first-order valence-electron chi connectivity index (χ1n) is 8.32. The zero-order valence-electron chi connectivity index (χ0n) is 12.4. The summed E-state index contributed by atoms with van der Waals surface area (Å²) in [7, 11) is 0. The normalized spacial score (nSPS) is 34.6. The Morgan fingerprint density at radius 3 is 2.67 bits per heavy atom. The Balaban J connectivity index is 1.58. The molecule has 0 aromatic heterocycles. The minimum absolute atomic E-state index is 0.153. The predicted octanol–water partition coefficient (Wildman–Crippen LogP) is 4.07. The van der Waals surface area contributed by atoms with E-state index in [-0.39, 0.29) is 5.41 Å². The van der Waals surface area contributed by atoms with Crippen LogP contribution in [-0.4, -0.2) is 12.6 Å². The SMILES string of the molecule is Fc1cccc(CC2(CNC3CC3)CC3CCC2C3)c1F. The monoisotopic (exact) mass is 291 g/mol. The van der Waals surface area contributed by atoms with Crippen LogP contribution in [0.1, 0.15) is 44.1 Å². The van der Waals surface area contributed by atoms with Crippen molar-refractivity contribution < 1.29 is 8.78 Å². The maximum absolute atomic E-state index is 14.1. The molecule has 3 unspecified atom stereocenters. The van der Waals surface area contributed by atoms with E-state index in [2.05, 4.69) is 5.32 Å². The molecular weight excluding hydrogens is 268 g/mol. The molecular formula is C18H23F2N. The first-order valence-corrected chi connectivity index (χ1v) is 8.32. The topological polar surface area (TPSA) is 12.0 Å². The fraction of sp³-hybridized carbons (Fsp3) is 0.667. The zero-order valence-corrected chi connectivity index (χ0v) is 12.4. The molecule has 3 atom stereocenters. The van der Waals surface area contributed by atoms with Gasteiger partial charge >= 0.3 is 0 Å². The highest BCUT2D eigenvalue weighted by Gasteiger charge is 2.51. The van der Waals surface area contributed by atoms with E-state index in [0.717, 1.165) is 12.5 Å². The Labute approximate surface area is 125 Å². The maximum atomic E-state index is 14.1. The number of benzene rings is 1. The Hall–Kier alpha value is -0.960. The van der Waals surface area contributed by atoms with Crippen molar-refractivity contribution in [2.24, 2.45) is 17.3 Å². The van der Waals surface area contributed by atoms with E-state index in [1.54, 1.807) is 12.1 Å². The van der Waals surface area contributed by atoms with Crippen LogP contribution in [0.5, 0.6) is 0 Å². The summed E-state index contributed by atoms with van der Waals surface area (Å²) in [5.41, 5.74) is 0.722. The van der Waals surface area contributed by atoms with Crippen LogP contribution in [0.2, 0.25) is 0 Å². The third kappa shape index (κ3) is 2.50. The van der Waals surface area contributed by atoms with Gasteiger partial charge in [-0.1, -0.05) is 18.6 Å². The smallest absolute Gasteiger partial charge is 0.162 e. The second-order valence-electron chi connectivity index (χ2n) is 7.49.